The smallest absolute Gasteiger partial charge is 0.114 e. The van der Waals surface area contributed by atoms with E-state index in [0.29, 0.717) is 18.8 Å². The Bertz CT molecular complexity index is 311. The Labute approximate surface area is 81.8 Å². The van der Waals surface area contributed by atoms with Crippen LogP contribution in [0.1, 0.15) is 25.6 Å². The Morgan fingerprint density at radius 2 is 2.50 bits per heavy atom. The molecule has 1 fully saturated rings. The monoisotopic (exact) mass is 198 g/mol. The van der Waals surface area contributed by atoms with Crippen LogP contribution in [0.3, 0.4) is 0 Å². The van der Waals surface area contributed by atoms with Crippen molar-refractivity contribution in [2.45, 2.75) is 25.5 Å². The second-order valence-electron chi connectivity index (χ2n) is 3.96. The van der Waals surface area contributed by atoms with Crippen molar-refractivity contribution in [3.8, 4) is 0 Å². The molecule has 2 N–H and O–H groups in total. The Morgan fingerprint density at radius 3 is 3.00 bits per heavy atom. The normalized spacial score (nSPS) is 22.9. The zero-order chi connectivity index (χ0) is 10.2. The first-order chi connectivity index (χ1) is 6.57. The minimum Gasteiger partial charge on any atom is -0.384 e. The third-order valence-electron chi connectivity index (χ3n) is 2.21. The van der Waals surface area contributed by atoms with E-state index in [1.165, 1.54) is 0 Å². The second-order valence-corrected chi connectivity index (χ2v) is 3.96. The molecule has 0 unspecified atom stereocenters. The van der Waals surface area contributed by atoms with E-state index in [1.54, 1.807) is 24.7 Å². The average molecular weight is 198 g/mol. The van der Waals surface area contributed by atoms with Crippen molar-refractivity contribution >= 4 is 0 Å². The summed E-state index contributed by atoms with van der Waals surface area (Å²) in [5.74, 6) is 0. The predicted molar refractivity (Wildman–Crippen MR) is 48.3 cm³/mol. The van der Waals surface area contributed by atoms with E-state index in [-0.39, 0.29) is 6.04 Å². The molecule has 0 aromatic carbocycles. The molecule has 1 atom stereocenters. The molecule has 1 aliphatic rings. The van der Waals surface area contributed by atoms with Gasteiger partial charge in [0.1, 0.15) is 11.3 Å². The summed E-state index contributed by atoms with van der Waals surface area (Å²) in [6.07, 6.45) is 1.75. The first kappa shape index (κ1) is 9.57. The second kappa shape index (κ2) is 3.30. The summed E-state index contributed by atoms with van der Waals surface area (Å²) in [5.41, 5.74) is 2.40. The van der Waals surface area contributed by atoms with Gasteiger partial charge in [-0.15, -0.1) is 5.10 Å². The summed E-state index contributed by atoms with van der Waals surface area (Å²) in [6, 6.07) is 0.165. The Hall–Kier alpha value is -0.980. The van der Waals surface area contributed by atoms with Gasteiger partial charge in [-0.25, -0.2) is 10.2 Å². The summed E-state index contributed by atoms with van der Waals surface area (Å²) in [4.78, 5) is 5.01. The quantitative estimate of drug-likeness (QED) is 0.675. The number of aromatic nitrogens is 3. The van der Waals surface area contributed by atoms with Gasteiger partial charge in [-0.3, -0.25) is 4.84 Å². The van der Waals surface area contributed by atoms with Gasteiger partial charge in [0, 0.05) is 6.54 Å². The van der Waals surface area contributed by atoms with E-state index in [0.717, 1.165) is 0 Å². The van der Waals surface area contributed by atoms with Crippen LogP contribution in [0.5, 0.6) is 0 Å². The molecule has 6 nitrogen and oxygen atoms in total. The van der Waals surface area contributed by atoms with Crippen LogP contribution < -0.4 is 5.48 Å². The largest absolute Gasteiger partial charge is 0.384 e. The molecule has 0 aliphatic carbocycles. The van der Waals surface area contributed by atoms with E-state index in [9.17, 15) is 5.11 Å². The first-order valence-corrected chi connectivity index (χ1v) is 4.57. The molecule has 2 heterocycles. The third kappa shape index (κ3) is 1.77. The number of hydrogen-bond donors (Lipinski definition) is 2. The Morgan fingerprint density at radius 1 is 1.71 bits per heavy atom. The molecule has 0 amide bonds. The van der Waals surface area contributed by atoms with Gasteiger partial charge < -0.3 is 5.11 Å². The molecule has 1 aromatic heterocycles. The molecule has 2 rings (SSSR count). The molecule has 0 spiro atoms. The molecule has 6 heteroatoms. The van der Waals surface area contributed by atoms with Crippen LogP contribution >= 0.6 is 0 Å². The van der Waals surface area contributed by atoms with Gasteiger partial charge >= 0.3 is 0 Å². The number of aliphatic hydroxyl groups is 1. The molecular formula is C8H14N4O2. The van der Waals surface area contributed by atoms with Crippen molar-refractivity contribution in [1.82, 2.24) is 20.5 Å². The summed E-state index contributed by atoms with van der Waals surface area (Å²) in [5, 5.41) is 17.5. The lowest BCUT2D eigenvalue weighted by Crippen LogP contribution is -2.17. The fourth-order valence-corrected chi connectivity index (χ4v) is 1.27. The standard InChI is InChI=1S/C8H14N4O2/c1-8(2,13)7-4-12(11-10-7)6-3-9-14-5-6/h4,6,9,13H,3,5H2,1-2H3/t6-/m1/s1. The van der Waals surface area contributed by atoms with Crippen molar-refractivity contribution in [2.24, 2.45) is 0 Å². The van der Waals surface area contributed by atoms with Crippen LogP contribution in [0.4, 0.5) is 0 Å². The van der Waals surface area contributed by atoms with E-state index in [1.807, 2.05) is 0 Å². The van der Waals surface area contributed by atoms with Crippen molar-refractivity contribution < 1.29 is 9.94 Å². The van der Waals surface area contributed by atoms with Crippen molar-refractivity contribution in [2.75, 3.05) is 13.2 Å². The lowest BCUT2D eigenvalue weighted by atomic mass is 10.1. The molecule has 78 valence electrons. The minimum atomic E-state index is -0.939. The molecular weight excluding hydrogens is 184 g/mol. The maximum absolute atomic E-state index is 9.68. The summed E-state index contributed by atoms with van der Waals surface area (Å²) >= 11 is 0. The fourth-order valence-electron chi connectivity index (χ4n) is 1.27. The van der Waals surface area contributed by atoms with Gasteiger partial charge in [-0.2, -0.15) is 0 Å². The number of nitrogens with one attached hydrogen (secondary N) is 1. The lowest BCUT2D eigenvalue weighted by molar-refractivity contribution is 0.0736. The van der Waals surface area contributed by atoms with Crippen LogP contribution in [-0.2, 0) is 10.4 Å². The van der Waals surface area contributed by atoms with Gasteiger partial charge in [-0.05, 0) is 13.8 Å². The fraction of sp³-hybridized carbons (Fsp3) is 0.750. The van der Waals surface area contributed by atoms with Gasteiger partial charge in [0.05, 0.1) is 18.8 Å². The maximum atomic E-state index is 9.68. The molecule has 1 saturated heterocycles. The van der Waals surface area contributed by atoms with Gasteiger partial charge in [0.2, 0.25) is 0 Å². The Balaban J connectivity index is 2.17. The molecule has 1 aromatic rings. The third-order valence-corrected chi connectivity index (χ3v) is 2.21. The average Bonchev–Trinajstić information content (AvgIpc) is 2.73. The predicted octanol–water partition coefficient (Wildman–Crippen LogP) is -0.419. The minimum absolute atomic E-state index is 0.165. The van der Waals surface area contributed by atoms with Crippen molar-refractivity contribution in [3.05, 3.63) is 11.9 Å². The highest BCUT2D eigenvalue weighted by Gasteiger charge is 2.24. The summed E-state index contributed by atoms with van der Waals surface area (Å²) < 4.78 is 1.72. The zero-order valence-electron chi connectivity index (χ0n) is 8.27. The van der Waals surface area contributed by atoms with Gasteiger partial charge in [-0.1, -0.05) is 5.21 Å². The molecule has 0 saturated carbocycles. The summed E-state index contributed by atoms with van der Waals surface area (Å²) in [7, 11) is 0. The zero-order valence-corrected chi connectivity index (χ0v) is 8.27. The van der Waals surface area contributed by atoms with Crippen LogP contribution in [0, 0.1) is 0 Å². The van der Waals surface area contributed by atoms with E-state index >= 15 is 0 Å². The van der Waals surface area contributed by atoms with Crippen LogP contribution in [0.15, 0.2) is 6.20 Å². The topological polar surface area (TPSA) is 72.2 Å². The first-order valence-electron chi connectivity index (χ1n) is 4.57. The SMILES string of the molecule is CC(C)(O)c1cn([C@@H]2CNOC2)nn1. The van der Waals surface area contributed by atoms with Gasteiger partial charge in [0.25, 0.3) is 0 Å². The van der Waals surface area contributed by atoms with Crippen molar-refractivity contribution in [3.63, 3.8) is 0 Å². The molecule has 0 bridgehead atoms. The van der Waals surface area contributed by atoms with Crippen LogP contribution in [-0.4, -0.2) is 33.3 Å². The lowest BCUT2D eigenvalue weighted by Gasteiger charge is -2.12. The molecule has 0 radical (unpaired) electrons. The summed E-state index contributed by atoms with van der Waals surface area (Å²) in [6.45, 7) is 4.67. The van der Waals surface area contributed by atoms with E-state index in [2.05, 4.69) is 15.8 Å². The van der Waals surface area contributed by atoms with Crippen LogP contribution in [0.2, 0.25) is 0 Å². The Kier molecular flexibility index (Phi) is 2.26. The van der Waals surface area contributed by atoms with E-state index in [4.69, 9.17) is 4.84 Å². The highest BCUT2D eigenvalue weighted by Crippen LogP contribution is 2.18. The highest BCUT2D eigenvalue weighted by atomic mass is 16.7. The number of hydrogen-bond acceptors (Lipinski definition) is 5. The van der Waals surface area contributed by atoms with Crippen LogP contribution in [0.25, 0.3) is 0 Å². The van der Waals surface area contributed by atoms with Crippen molar-refractivity contribution in [1.29, 1.82) is 0 Å². The highest BCUT2D eigenvalue weighted by molar-refractivity contribution is 5.03. The maximum Gasteiger partial charge on any atom is 0.114 e. The number of nitrogens with zero attached hydrogens (tertiary/aromatic N) is 3. The number of hydroxylamine groups is 1. The number of rotatable bonds is 2. The molecule has 1 aliphatic heterocycles. The van der Waals surface area contributed by atoms with E-state index < -0.39 is 5.60 Å². The molecule has 14 heavy (non-hydrogen) atoms. The van der Waals surface area contributed by atoms with Gasteiger partial charge in [0.15, 0.2) is 0 Å².